The van der Waals surface area contributed by atoms with E-state index in [1.165, 1.54) is 12.1 Å². The van der Waals surface area contributed by atoms with E-state index in [4.69, 9.17) is 0 Å². The van der Waals surface area contributed by atoms with E-state index in [2.05, 4.69) is 20.7 Å². The number of carbonyl (C=O) groups excluding carboxylic acids is 2. The summed E-state index contributed by atoms with van der Waals surface area (Å²) in [5.74, 6) is -1.79. The fourth-order valence-corrected chi connectivity index (χ4v) is 3.02. The van der Waals surface area contributed by atoms with Gasteiger partial charge in [-0.2, -0.15) is 18.3 Å². The number of fused-ring (bicyclic) bond motifs is 1. The topological polar surface area (TPSA) is 112 Å². The third-order valence-corrected chi connectivity index (χ3v) is 4.47. The number of nitrogens with zero attached hydrogens (tertiary/aromatic N) is 4. The monoisotopic (exact) mass is 436 g/mol. The van der Waals surface area contributed by atoms with Crippen molar-refractivity contribution in [1.29, 1.82) is 0 Å². The van der Waals surface area contributed by atoms with E-state index in [1.807, 2.05) is 0 Å². The van der Waals surface area contributed by atoms with Gasteiger partial charge in [0.15, 0.2) is 5.82 Å². The van der Waals surface area contributed by atoms with Crippen LogP contribution in [-0.2, 0) is 6.18 Å². The van der Waals surface area contributed by atoms with Crippen LogP contribution in [0, 0.1) is 6.92 Å². The first-order valence-electron chi connectivity index (χ1n) is 9.11. The summed E-state index contributed by atoms with van der Waals surface area (Å²) in [6.45, 7) is 3.42. The highest BCUT2D eigenvalue weighted by atomic mass is 19.4. The van der Waals surface area contributed by atoms with E-state index in [9.17, 15) is 28.0 Å². The Morgan fingerprint density at radius 3 is 2.61 bits per heavy atom. The van der Waals surface area contributed by atoms with Gasteiger partial charge in [-0.15, -0.1) is 0 Å². The van der Waals surface area contributed by atoms with E-state index < -0.39 is 34.6 Å². The van der Waals surface area contributed by atoms with Crippen molar-refractivity contribution in [2.75, 3.05) is 18.9 Å². The minimum Gasteiger partial charge on any atom is -0.352 e. The molecule has 0 bridgehead atoms. The summed E-state index contributed by atoms with van der Waals surface area (Å²) in [5.41, 5.74) is -1.19. The second kappa shape index (κ2) is 8.22. The number of alkyl halides is 3. The van der Waals surface area contributed by atoms with Gasteiger partial charge < -0.3 is 10.6 Å². The molecule has 0 atom stereocenters. The average molecular weight is 436 g/mol. The molecule has 0 aliphatic heterocycles. The summed E-state index contributed by atoms with van der Waals surface area (Å²) in [4.78, 5) is 28.2. The van der Waals surface area contributed by atoms with Crippen molar-refractivity contribution in [2.24, 2.45) is 0 Å². The third kappa shape index (κ3) is 4.28. The number of anilines is 2. The van der Waals surface area contributed by atoms with Crippen LogP contribution < -0.4 is 10.6 Å². The van der Waals surface area contributed by atoms with Crippen LogP contribution in [0.5, 0.6) is 0 Å². The number of hydroxylamine groups is 2. The Bertz CT molecular complexity index is 1160. The van der Waals surface area contributed by atoms with Gasteiger partial charge in [-0.25, -0.2) is 14.6 Å². The van der Waals surface area contributed by atoms with Crippen LogP contribution in [0.15, 0.2) is 30.7 Å². The molecule has 164 valence electrons. The molecule has 2 aromatic heterocycles. The summed E-state index contributed by atoms with van der Waals surface area (Å²) in [6, 6.07) is 4.42. The molecule has 2 amide bonds. The highest BCUT2D eigenvalue weighted by molar-refractivity contribution is 6.00. The zero-order chi connectivity index (χ0) is 22.9. The first kappa shape index (κ1) is 22.0. The lowest BCUT2D eigenvalue weighted by atomic mass is 10.1. The number of rotatable bonds is 5. The molecule has 12 heteroatoms. The third-order valence-electron chi connectivity index (χ3n) is 4.47. The highest BCUT2D eigenvalue weighted by Crippen LogP contribution is 2.39. The zero-order valence-electron chi connectivity index (χ0n) is 16.8. The lowest BCUT2D eigenvalue weighted by molar-refractivity contribution is -0.136. The van der Waals surface area contributed by atoms with Gasteiger partial charge in [-0.3, -0.25) is 14.8 Å². The summed E-state index contributed by atoms with van der Waals surface area (Å²) in [5, 5.41) is 18.7. The Morgan fingerprint density at radius 1 is 1.29 bits per heavy atom. The van der Waals surface area contributed by atoms with Crippen molar-refractivity contribution in [3.8, 4) is 0 Å². The molecular formula is C19H19F3N6O3. The molecule has 3 aromatic rings. The Morgan fingerprint density at radius 2 is 2.00 bits per heavy atom. The highest BCUT2D eigenvalue weighted by Gasteiger charge is 2.40. The quantitative estimate of drug-likeness (QED) is 0.419. The number of nitrogens with one attached hydrogen (secondary N) is 2. The van der Waals surface area contributed by atoms with Crippen LogP contribution in [0.25, 0.3) is 5.52 Å². The maximum absolute atomic E-state index is 13.9. The minimum absolute atomic E-state index is 0.109. The van der Waals surface area contributed by atoms with E-state index >= 15 is 0 Å². The Labute approximate surface area is 174 Å². The SMILES string of the molecule is CCNC(=O)c1cn2ncnc(Nc3cc(C(=O)N(C)O)ccc3C)c2c1C(F)(F)F. The molecule has 0 unspecified atom stereocenters. The fourth-order valence-electron chi connectivity index (χ4n) is 3.02. The van der Waals surface area contributed by atoms with Gasteiger partial charge in [0, 0.05) is 31.0 Å². The standard InChI is InChI=1S/C19H19F3N6O3/c1-4-23-17(29)12-8-28-15(14(12)19(20,21)22)16(24-9-25-28)26-13-7-11(6-5-10(13)2)18(30)27(3)31/h5-9,31H,4H2,1-3H3,(H,23,29)(H,24,25,26). The molecule has 3 N–H and O–H groups in total. The van der Waals surface area contributed by atoms with E-state index in [1.54, 1.807) is 19.9 Å². The van der Waals surface area contributed by atoms with Gasteiger partial charge >= 0.3 is 6.18 Å². The number of amides is 2. The first-order valence-corrected chi connectivity index (χ1v) is 9.11. The fraction of sp³-hybridized carbons (Fsp3) is 0.263. The lowest BCUT2D eigenvalue weighted by Gasteiger charge is -2.15. The van der Waals surface area contributed by atoms with Gasteiger partial charge in [-0.05, 0) is 31.5 Å². The molecule has 0 aliphatic rings. The van der Waals surface area contributed by atoms with Crippen LogP contribution in [0.4, 0.5) is 24.7 Å². The largest absolute Gasteiger partial charge is 0.419 e. The van der Waals surface area contributed by atoms with Crippen LogP contribution in [0.1, 0.15) is 38.8 Å². The number of aryl methyl sites for hydroxylation is 1. The Kier molecular flexibility index (Phi) is 5.84. The molecule has 2 heterocycles. The van der Waals surface area contributed by atoms with Crippen molar-refractivity contribution in [2.45, 2.75) is 20.0 Å². The maximum Gasteiger partial charge on any atom is 0.419 e. The summed E-state index contributed by atoms with van der Waals surface area (Å²) < 4.78 is 42.7. The van der Waals surface area contributed by atoms with Crippen LogP contribution in [0.2, 0.25) is 0 Å². The number of hydrogen-bond acceptors (Lipinski definition) is 6. The van der Waals surface area contributed by atoms with Crippen LogP contribution >= 0.6 is 0 Å². The maximum atomic E-state index is 13.9. The molecule has 0 aliphatic carbocycles. The predicted molar refractivity (Wildman–Crippen MR) is 104 cm³/mol. The van der Waals surface area contributed by atoms with Crippen molar-refractivity contribution in [1.82, 2.24) is 25.0 Å². The number of aromatic nitrogens is 3. The number of halogens is 3. The minimum atomic E-state index is -4.86. The van der Waals surface area contributed by atoms with Gasteiger partial charge in [0.1, 0.15) is 11.8 Å². The van der Waals surface area contributed by atoms with Crippen molar-refractivity contribution in [3.63, 3.8) is 0 Å². The van der Waals surface area contributed by atoms with Gasteiger partial charge in [0.2, 0.25) is 0 Å². The lowest BCUT2D eigenvalue weighted by Crippen LogP contribution is -2.25. The number of hydrogen-bond donors (Lipinski definition) is 3. The molecule has 31 heavy (non-hydrogen) atoms. The van der Waals surface area contributed by atoms with Crippen LogP contribution in [0.3, 0.4) is 0 Å². The average Bonchev–Trinajstić information content (AvgIpc) is 3.10. The predicted octanol–water partition coefficient (Wildman–Crippen LogP) is 3.01. The van der Waals surface area contributed by atoms with E-state index in [-0.39, 0.29) is 17.9 Å². The summed E-state index contributed by atoms with van der Waals surface area (Å²) in [7, 11) is 1.16. The van der Waals surface area contributed by atoms with Crippen LogP contribution in [-0.4, -0.2) is 50.3 Å². The molecule has 3 rings (SSSR count). The molecule has 0 saturated carbocycles. The molecule has 0 fully saturated rings. The van der Waals surface area contributed by atoms with Gasteiger partial charge in [0.05, 0.1) is 11.1 Å². The Hall–Kier alpha value is -3.67. The van der Waals surface area contributed by atoms with Gasteiger partial charge in [-0.1, -0.05) is 6.07 Å². The number of benzene rings is 1. The van der Waals surface area contributed by atoms with Crippen molar-refractivity contribution >= 4 is 28.8 Å². The van der Waals surface area contributed by atoms with E-state index in [0.29, 0.717) is 16.3 Å². The van der Waals surface area contributed by atoms with Crippen molar-refractivity contribution in [3.05, 3.63) is 53.0 Å². The molecular weight excluding hydrogens is 417 g/mol. The van der Waals surface area contributed by atoms with Crippen molar-refractivity contribution < 1.29 is 28.0 Å². The molecule has 0 radical (unpaired) electrons. The summed E-state index contributed by atoms with van der Waals surface area (Å²) in [6.07, 6.45) is -2.82. The second-order valence-electron chi connectivity index (χ2n) is 6.66. The first-order chi connectivity index (χ1) is 14.5. The zero-order valence-corrected chi connectivity index (χ0v) is 16.8. The summed E-state index contributed by atoms with van der Waals surface area (Å²) >= 11 is 0. The molecule has 9 nitrogen and oxygen atoms in total. The molecule has 0 saturated heterocycles. The van der Waals surface area contributed by atoms with E-state index in [0.717, 1.165) is 24.1 Å². The Balaban J connectivity index is 2.17. The smallest absolute Gasteiger partial charge is 0.352 e. The normalized spacial score (nSPS) is 11.5. The molecule has 1 aromatic carbocycles. The molecule has 0 spiro atoms. The second-order valence-corrected chi connectivity index (χ2v) is 6.66. The number of carbonyl (C=O) groups is 2. The van der Waals surface area contributed by atoms with Gasteiger partial charge in [0.25, 0.3) is 11.8 Å².